The number of hydrogen-bond acceptors (Lipinski definition) is 5. The largest absolute Gasteiger partial charge is 0.497 e. The quantitative estimate of drug-likeness (QED) is 0.407. The van der Waals surface area contributed by atoms with Crippen molar-refractivity contribution in [3.63, 3.8) is 0 Å². The van der Waals surface area contributed by atoms with E-state index in [0.29, 0.717) is 34.1 Å². The minimum atomic E-state index is -0.395. The third-order valence-corrected chi connectivity index (χ3v) is 7.34. The molecule has 0 saturated heterocycles. The Kier molecular flexibility index (Phi) is 9.04. The van der Waals surface area contributed by atoms with Crippen LogP contribution in [0.15, 0.2) is 36.4 Å². The highest BCUT2D eigenvalue weighted by Gasteiger charge is 2.24. The van der Waals surface area contributed by atoms with Crippen LogP contribution in [0.3, 0.4) is 0 Å². The number of methoxy groups -OCH3 is 2. The van der Waals surface area contributed by atoms with E-state index < -0.39 is 5.91 Å². The molecule has 8 heteroatoms. The summed E-state index contributed by atoms with van der Waals surface area (Å²) in [6, 6.07) is 10.1. The lowest BCUT2D eigenvalue weighted by Crippen LogP contribution is -2.26. The highest BCUT2D eigenvalue weighted by atomic mass is 16.5. The van der Waals surface area contributed by atoms with Gasteiger partial charge in [0.15, 0.2) is 0 Å². The fourth-order valence-electron chi connectivity index (χ4n) is 5.23. The number of rotatable bonds is 8. The second-order valence-electron chi connectivity index (χ2n) is 9.97. The predicted molar refractivity (Wildman–Crippen MR) is 144 cm³/mol. The molecule has 2 fully saturated rings. The minimum Gasteiger partial charge on any atom is -0.497 e. The molecule has 2 aromatic rings. The Morgan fingerprint density at radius 2 is 1.22 bits per heavy atom. The van der Waals surface area contributed by atoms with Gasteiger partial charge in [-0.1, -0.05) is 38.5 Å². The fourth-order valence-corrected chi connectivity index (χ4v) is 5.23. The van der Waals surface area contributed by atoms with Gasteiger partial charge in [-0.05, 0) is 56.0 Å². The summed E-state index contributed by atoms with van der Waals surface area (Å²) in [5.74, 6) is 0.507. The lowest BCUT2D eigenvalue weighted by Gasteiger charge is -2.22. The molecule has 0 heterocycles. The third-order valence-electron chi connectivity index (χ3n) is 7.34. The summed E-state index contributed by atoms with van der Waals surface area (Å²) in [7, 11) is 3.07. The molecule has 37 heavy (non-hydrogen) atoms. The zero-order valence-corrected chi connectivity index (χ0v) is 21.7. The first-order chi connectivity index (χ1) is 18.0. The lowest BCUT2D eigenvalue weighted by molar-refractivity contribution is -0.121. The van der Waals surface area contributed by atoms with Gasteiger partial charge in [0.1, 0.15) is 11.5 Å². The Bertz CT molecular complexity index is 1070. The summed E-state index contributed by atoms with van der Waals surface area (Å²) < 4.78 is 10.7. The molecule has 0 radical (unpaired) electrons. The van der Waals surface area contributed by atoms with Gasteiger partial charge in [0, 0.05) is 34.8 Å². The number of amides is 3. The van der Waals surface area contributed by atoms with Gasteiger partial charge in [0.05, 0.1) is 19.9 Å². The molecule has 8 nitrogen and oxygen atoms in total. The van der Waals surface area contributed by atoms with Gasteiger partial charge in [-0.25, -0.2) is 0 Å². The van der Waals surface area contributed by atoms with E-state index in [1.807, 2.05) is 0 Å². The van der Waals surface area contributed by atoms with Gasteiger partial charge in [-0.3, -0.25) is 14.4 Å². The van der Waals surface area contributed by atoms with Crippen LogP contribution in [0.25, 0.3) is 0 Å². The summed E-state index contributed by atoms with van der Waals surface area (Å²) >= 11 is 0. The number of nitrogens with one attached hydrogen (secondary N) is 3. The third kappa shape index (κ3) is 7.02. The summed E-state index contributed by atoms with van der Waals surface area (Å²) in [5.41, 5.74) is 1.74. The maximum atomic E-state index is 13.3. The number of carbonyl (C=O) groups excluding carboxylic acids is 3. The van der Waals surface area contributed by atoms with Crippen LogP contribution in [0.5, 0.6) is 11.5 Å². The maximum absolute atomic E-state index is 13.3. The molecule has 3 amide bonds. The van der Waals surface area contributed by atoms with Crippen LogP contribution >= 0.6 is 0 Å². The normalized spacial score (nSPS) is 16.5. The van der Waals surface area contributed by atoms with Crippen molar-refractivity contribution in [2.24, 2.45) is 11.8 Å². The molecule has 0 aliphatic heterocycles. The predicted octanol–water partition coefficient (Wildman–Crippen LogP) is 5.99. The Morgan fingerprint density at radius 1 is 0.676 bits per heavy atom. The molecular formula is C29H37N3O5. The van der Waals surface area contributed by atoms with Crippen LogP contribution in [-0.4, -0.2) is 31.9 Å². The molecule has 4 rings (SSSR count). The molecule has 2 aromatic carbocycles. The molecule has 0 bridgehead atoms. The molecule has 2 saturated carbocycles. The molecule has 0 unspecified atom stereocenters. The zero-order chi connectivity index (χ0) is 26.2. The van der Waals surface area contributed by atoms with Crippen LogP contribution in [0.4, 0.5) is 17.1 Å². The second-order valence-corrected chi connectivity index (χ2v) is 9.97. The zero-order valence-electron chi connectivity index (χ0n) is 21.7. The smallest absolute Gasteiger partial charge is 0.255 e. The topological polar surface area (TPSA) is 106 Å². The van der Waals surface area contributed by atoms with Gasteiger partial charge < -0.3 is 25.4 Å². The first-order valence-electron chi connectivity index (χ1n) is 13.3. The van der Waals surface area contributed by atoms with Crippen molar-refractivity contribution in [2.75, 3.05) is 30.2 Å². The van der Waals surface area contributed by atoms with E-state index in [0.717, 1.165) is 64.2 Å². The molecule has 0 atom stereocenters. The minimum absolute atomic E-state index is 0.0347. The maximum Gasteiger partial charge on any atom is 0.255 e. The van der Waals surface area contributed by atoms with Gasteiger partial charge >= 0.3 is 0 Å². The van der Waals surface area contributed by atoms with Gasteiger partial charge in [-0.2, -0.15) is 0 Å². The average molecular weight is 508 g/mol. The highest BCUT2D eigenvalue weighted by molar-refractivity contribution is 6.07. The number of hydrogen-bond donors (Lipinski definition) is 3. The summed E-state index contributed by atoms with van der Waals surface area (Å²) in [6.07, 6.45) is 9.98. The van der Waals surface area contributed by atoms with Crippen molar-refractivity contribution >= 4 is 34.8 Å². The molecule has 0 aromatic heterocycles. The first kappa shape index (κ1) is 26.5. The van der Waals surface area contributed by atoms with Gasteiger partial charge in [0.2, 0.25) is 11.8 Å². The number of anilines is 3. The van der Waals surface area contributed by atoms with Gasteiger partial charge in [-0.15, -0.1) is 0 Å². The average Bonchev–Trinajstić information content (AvgIpc) is 2.93. The monoisotopic (exact) mass is 507 g/mol. The number of benzene rings is 2. The van der Waals surface area contributed by atoms with E-state index in [1.165, 1.54) is 7.11 Å². The van der Waals surface area contributed by atoms with Crippen LogP contribution < -0.4 is 25.4 Å². The number of carbonyl (C=O) groups is 3. The van der Waals surface area contributed by atoms with Crippen LogP contribution in [0, 0.1) is 11.8 Å². The molecule has 198 valence electrons. The SMILES string of the molecule is COc1ccc(OC)c(NC(=O)c2cc(NC(=O)C3CCCCC3)cc(NC(=O)C3CCCCC3)c2)c1. The molecule has 0 spiro atoms. The molecule has 2 aliphatic carbocycles. The van der Waals surface area contributed by atoms with E-state index in [9.17, 15) is 14.4 Å². The van der Waals surface area contributed by atoms with Crippen LogP contribution in [0.1, 0.15) is 74.6 Å². The van der Waals surface area contributed by atoms with E-state index in [2.05, 4.69) is 16.0 Å². The second kappa shape index (κ2) is 12.6. The van der Waals surface area contributed by atoms with Crippen molar-refractivity contribution in [3.05, 3.63) is 42.0 Å². The summed E-state index contributed by atoms with van der Waals surface area (Å²) in [6.45, 7) is 0. The van der Waals surface area contributed by atoms with Crippen molar-refractivity contribution in [1.82, 2.24) is 0 Å². The molecule has 3 N–H and O–H groups in total. The van der Waals surface area contributed by atoms with Crippen LogP contribution in [0.2, 0.25) is 0 Å². The van der Waals surface area contributed by atoms with Crippen molar-refractivity contribution in [2.45, 2.75) is 64.2 Å². The molecule has 2 aliphatic rings. The lowest BCUT2D eigenvalue weighted by atomic mass is 9.88. The van der Waals surface area contributed by atoms with E-state index in [-0.39, 0.29) is 23.7 Å². The van der Waals surface area contributed by atoms with E-state index in [4.69, 9.17) is 9.47 Å². The Morgan fingerprint density at radius 3 is 1.70 bits per heavy atom. The highest BCUT2D eigenvalue weighted by Crippen LogP contribution is 2.31. The first-order valence-corrected chi connectivity index (χ1v) is 13.3. The summed E-state index contributed by atoms with van der Waals surface area (Å²) in [5, 5.41) is 8.85. The van der Waals surface area contributed by atoms with Gasteiger partial charge in [0.25, 0.3) is 5.91 Å². The Labute approximate surface area is 218 Å². The van der Waals surface area contributed by atoms with E-state index in [1.54, 1.807) is 43.5 Å². The molecular weight excluding hydrogens is 470 g/mol. The van der Waals surface area contributed by atoms with E-state index >= 15 is 0 Å². The fraction of sp³-hybridized carbons (Fsp3) is 0.483. The Hall–Kier alpha value is -3.55. The van der Waals surface area contributed by atoms with Crippen molar-refractivity contribution < 1.29 is 23.9 Å². The van der Waals surface area contributed by atoms with Crippen LogP contribution in [-0.2, 0) is 9.59 Å². The summed E-state index contributed by atoms with van der Waals surface area (Å²) in [4.78, 5) is 39.2. The Balaban J connectivity index is 1.58. The van der Waals surface area contributed by atoms with Crippen molar-refractivity contribution in [3.8, 4) is 11.5 Å². The van der Waals surface area contributed by atoms with Crippen molar-refractivity contribution in [1.29, 1.82) is 0 Å². The number of ether oxygens (including phenoxy) is 2. The standard InChI is InChI=1S/C29H37N3O5/c1-36-24-13-14-26(37-2)25(18-24)32-29(35)21-15-22(30-27(33)19-9-5-3-6-10-19)17-23(16-21)31-28(34)20-11-7-4-8-12-20/h13-20H,3-12H2,1-2H3,(H,30,33)(H,31,34)(H,32,35).